The number of carbonyl (C=O) groups excluding carboxylic acids is 2. The Labute approximate surface area is 191 Å². The van der Waals surface area contributed by atoms with Gasteiger partial charge in [0.15, 0.2) is 0 Å². The minimum atomic E-state index is -0.639. The lowest BCUT2D eigenvalue weighted by Gasteiger charge is -2.31. The number of likely N-dealkylation sites (N-methyl/N-ethyl adjacent to an activating group) is 1. The third kappa shape index (κ3) is 6.51. The molecule has 4 nitrogen and oxygen atoms in total. The maximum atomic E-state index is 13.2. The number of halogens is 4. The van der Waals surface area contributed by atoms with Crippen molar-refractivity contribution in [3.05, 3.63) is 67.6 Å². The Hall–Kier alpha value is -1.46. The van der Waals surface area contributed by atoms with Crippen molar-refractivity contribution in [2.24, 2.45) is 0 Å². The second-order valence-corrected chi connectivity index (χ2v) is 8.18. The molecular weight excluding hydrogens is 454 g/mol. The van der Waals surface area contributed by atoms with Crippen molar-refractivity contribution >= 4 is 58.2 Å². The van der Waals surface area contributed by atoms with Gasteiger partial charge in [-0.15, -0.1) is 0 Å². The standard InChI is InChI=1S/C21H22Cl4N2O2/c1-3-19(21(29)26-4-2)27(12-14-6-8-16(23)11-18(14)25)20(28)9-13-5-7-15(22)10-17(13)24/h5-8,10-11,19H,3-4,9,12H2,1-2H3,(H,26,29)/t19-/m0/s1. The van der Waals surface area contributed by atoms with Gasteiger partial charge in [0.05, 0.1) is 6.42 Å². The van der Waals surface area contributed by atoms with E-state index < -0.39 is 6.04 Å². The van der Waals surface area contributed by atoms with Crippen molar-refractivity contribution in [1.82, 2.24) is 10.2 Å². The van der Waals surface area contributed by atoms with Gasteiger partial charge in [-0.05, 0) is 48.7 Å². The largest absolute Gasteiger partial charge is 0.355 e. The van der Waals surface area contributed by atoms with Gasteiger partial charge < -0.3 is 10.2 Å². The van der Waals surface area contributed by atoms with Gasteiger partial charge in [-0.25, -0.2) is 0 Å². The Morgan fingerprint density at radius 3 is 1.97 bits per heavy atom. The Balaban J connectivity index is 2.36. The molecule has 2 aromatic carbocycles. The first-order valence-corrected chi connectivity index (χ1v) is 10.7. The summed E-state index contributed by atoms with van der Waals surface area (Å²) in [6.07, 6.45) is 0.494. The fourth-order valence-electron chi connectivity index (χ4n) is 2.97. The Morgan fingerprint density at radius 1 is 0.931 bits per heavy atom. The van der Waals surface area contributed by atoms with Crippen LogP contribution < -0.4 is 5.32 Å². The molecule has 2 rings (SSSR count). The molecule has 0 unspecified atom stereocenters. The van der Waals surface area contributed by atoms with Gasteiger partial charge in [0.25, 0.3) is 0 Å². The molecule has 0 aliphatic heterocycles. The van der Waals surface area contributed by atoms with Gasteiger partial charge in [0.2, 0.25) is 11.8 Å². The number of nitrogens with zero attached hydrogens (tertiary/aromatic N) is 1. The molecule has 1 N–H and O–H groups in total. The molecule has 0 bridgehead atoms. The van der Waals surface area contributed by atoms with E-state index in [0.29, 0.717) is 44.2 Å². The first-order valence-electron chi connectivity index (χ1n) is 9.21. The molecule has 0 aliphatic rings. The third-order valence-corrected chi connectivity index (χ3v) is 5.62. The summed E-state index contributed by atoms with van der Waals surface area (Å²) >= 11 is 24.5. The van der Waals surface area contributed by atoms with E-state index in [0.717, 1.165) is 0 Å². The number of carbonyl (C=O) groups is 2. The number of rotatable bonds is 8. The molecular formula is C21H22Cl4N2O2. The van der Waals surface area contributed by atoms with E-state index in [4.69, 9.17) is 46.4 Å². The molecule has 0 radical (unpaired) electrons. The minimum absolute atomic E-state index is 0.0388. The lowest BCUT2D eigenvalue weighted by Crippen LogP contribution is -2.49. The fraction of sp³-hybridized carbons (Fsp3) is 0.333. The van der Waals surface area contributed by atoms with Gasteiger partial charge in [-0.3, -0.25) is 9.59 Å². The van der Waals surface area contributed by atoms with Gasteiger partial charge in [-0.2, -0.15) is 0 Å². The van der Waals surface area contributed by atoms with Crippen LogP contribution in [0.5, 0.6) is 0 Å². The average molecular weight is 476 g/mol. The van der Waals surface area contributed by atoms with Crippen LogP contribution in [0.25, 0.3) is 0 Å². The van der Waals surface area contributed by atoms with Crippen LogP contribution in [0.4, 0.5) is 0 Å². The highest BCUT2D eigenvalue weighted by atomic mass is 35.5. The Morgan fingerprint density at radius 2 is 1.48 bits per heavy atom. The molecule has 0 aliphatic carbocycles. The van der Waals surface area contributed by atoms with Crippen LogP contribution in [-0.4, -0.2) is 29.3 Å². The van der Waals surface area contributed by atoms with Crippen LogP contribution in [0, 0.1) is 0 Å². The van der Waals surface area contributed by atoms with Crippen molar-refractivity contribution in [1.29, 1.82) is 0 Å². The first-order chi connectivity index (χ1) is 13.8. The highest BCUT2D eigenvalue weighted by molar-refractivity contribution is 6.35. The van der Waals surface area contributed by atoms with Gasteiger partial charge in [0, 0.05) is 33.2 Å². The molecule has 29 heavy (non-hydrogen) atoms. The number of amides is 2. The van der Waals surface area contributed by atoms with Gasteiger partial charge >= 0.3 is 0 Å². The summed E-state index contributed by atoms with van der Waals surface area (Å²) in [6, 6.07) is 9.41. The maximum absolute atomic E-state index is 13.2. The zero-order chi connectivity index (χ0) is 21.6. The minimum Gasteiger partial charge on any atom is -0.355 e. The highest BCUT2D eigenvalue weighted by Gasteiger charge is 2.29. The molecule has 0 saturated heterocycles. The normalized spacial score (nSPS) is 11.8. The molecule has 2 aromatic rings. The maximum Gasteiger partial charge on any atom is 0.242 e. The zero-order valence-corrected chi connectivity index (χ0v) is 19.2. The predicted molar refractivity (Wildman–Crippen MR) is 120 cm³/mol. The predicted octanol–water partition coefficient (Wildman–Crippen LogP) is 5.79. The molecule has 0 aromatic heterocycles. The molecule has 156 valence electrons. The number of hydrogen-bond donors (Lipinski definition) is 1. The fourth-order valence-corrected chi connectivity index (χ4v) is 3.92. The zero-order valence-electron chi connectivity index (χ0n) is 16.1. The molecule has 0 saturated carbocycles. The lowest BCUT2D eigenvalue weighted by molar-refractivity contribution is -0.140. The molecule has 0 heterocycles. The molecule has 1 atom stereocenters. The average Bonchev–Trinajstić information content (AvgIpc) is 2.65. The Kier molecular flexibility index (Phi) is 9.09. The van der Waals surface area contributed by atoms with E-state index >= 15 is 0 Å². The van der Waals surface area contributed by atoms with E-state index in [1.54, 1.807) is 36.4 Å². The van der Waals surface area contributed by atoms with Crippen molar-refractivity contribution in [3.63, 3.8) is 0 Å². The molecule has 2 amide bonds. The van der Waals surface area contributed by atoms with Gasteiger partial charge in [0.1, 0.15) is 6.04 Å². The van der Waals surface area contributed by atoms with Crippen LogP contribution in [0.15, 0.2) is 36.4 Å². The SMILES string of the molecule is CCNC(=O)[C@H](CC)N(Cc1ccc(Cl)cc1Cl)C(=O)Cc1ccc(Cl)cc1Cl. The van der Waals surface area contributed by atoms with Crippen LogP contribution >= 0.6 is 46.4 Å². The molecule has 8 heteroatoms. The van der Waals surface area contributed by atoms with E-state index in [2.05, 4.69) is 5.32 Å². The van der Waals surface area contributed by atoms with Crippen LogP contribution in [0.3, 0.4) is 0 Å². The smallest absolute Gasteiger partial charge is 0.242 e. The van der Waals surface area contributed by atoms with E-state index in [-0.39, 0.29) is 24.8 Å². The summed E-state index contributed by atoms with van der Waals surface area (Å²) in [5, 5.41) is 4.62. The second kappa shape index (κ2) is 11.1. The summed E-state index contributed by atoms with van der Waals surface area (Å²) in [5.74, 6) is -0.450. The monoisotopic (exact) mass is 474 g/mol. The topological polar surface area (TPSA) is 49.4 Å². The van der Waals surface area contributed by atoms with Crippen molar-refractivity contribution < 1.29 is 9.59 Å². The summed E-state index contributed by atoms with van der Waals surface area (Å²) in [4.78, 5) is 27.4. The third-order valence-electron chi connectivity index (χ3n) is 4.45. The Bertz CT molecular complexity index is 889. The summed E-state index contributed by atoms with van der Waals surface area (Å²) in [5.41, 5.74) is 1.34. The van der Waals surface area contributed by atoms with Crippen molar-refractivity contribution in [2.75, 3.05) is 6.54 Å². The summed E-state index contributed by atoms with van der Waals surface area (Å²) in [7, 11) is 0. The van der Waals surface area contributed by atoms with Gasteiger partial charge in [-0.1, -0.05) is 65.5 Å². The van der Waals surface area contributed by atoms with E-state index in [9.17, 15) is 9.59 Å². The van der Waals surface area contributed by atoms with Crippen LogP contribution in [0.1, 0.15) is 31.4 Å². The van der Waals surface area contributed by atoms with E-state index in [1.807, 2.05) is 13.8 Å². The summed E-state index contributed by atoms with van der Waals surface area (Å²) in [6.45, 7) is 4.34. The lowest BCUT2D eigenvalue weighted by atomic mass is 10.1. The number of benzene rings is 2. The summed E-state index contributed by atoms with van der Waals surface area (Å²) < 4.78 is 0. The first kappa shape index (κ1) is 23.8. The number of nitrogens with one attached hydrogen (secondary N) is 1. The highest BCUT2D eigenvalue weighted by Crippen LogP contribution is 2.26. The second-order valence-electron chi connectivity index (χ2n) is 6.49. The van der Waals surface area contributed by atoms with Crippen molar-refractivity contribution in [3.8, 4) is 0 Å². The van der Waals surface area contributed by atoms with Crippen LogP contribution in [-0.2, 0) is 22.6 Å². The molecule has 0 spiro atoms. The van der Waals surface area contributed by atoms with Crippen molar-refractivity contribution in [2.45, 2.75) is 39.3 Å². The molecule has 0 fully saturated rings. The van der Waals surface area contributed by atoms with E-state index in [1.165, 1.54) is 4.90 Å². The number of hydrogen-bond acceptors (Lipinski definition) is 2. The quantitative estimate of drug-likeness (QED) is 0.525. The van der Waals surface area contributed by atoms with Crippen LogP contribution in [0.2, 0.25) is 20.1 Å².